The summed E-state index contributed by atoms with van der Waals surface area (Å²) >= 11 is 0. The molecule has 0 unspecified atom stereocenters. The molecule has 3 rings (SSSR count). The average Bonchev–Trinajstić information content (AvgIpc) is 2.85. The van der Waals surface area contributed by atoms with Gasteiger partial charge in [0.2, 0.25) is 0 Å². The Morgan fingerprint density at radius 1 is 1.08 bits per heavy atom. The molecule has 1 heterocycles. The molecule has 1 aromatic carbocycles. The fourth-order valence-electron chi connectivity index (χ4n) is 2.52. The molecule has 1 saturated heterocycles. The minimum Gasteiger partial charge on any atom is -0.316 e. The third-order valence-corrected chi connectivity index (χ3v) is 3.70. The van der Waals surface area contributed by atoms with E-state index in [9.17, 15) is 0 Å². The van der Waals surface area contributed by atoms with Gasteiger partial charge in [-0.25, -0.2) is 0 Å². The van der Waals surface area contributed by atoms with E-state index in [0.29, 0.717) is 5.41 Å². The molecule has 1 aliphatic carbocycles. The standard InChI is InChI=1S/C12H15N/c1-2-4-10(5-3-1)12(6-7-12)11-8-13-9-11/h1-5,11,13H,6-9H2. The van der Waals surface area contributed by atoms with E-state index in [1.54, 1.807) is 5.56 Å². The maximum Gasteiger partial charge on any atom is 0.000610 e. The summed E-state index contributed by atoms with van der Waals surface area (Å²) in [5.41, 5.74) is 2.15. The third kappa shape index (κ3) is 1.03. The summed E-state index contributed by atoms with van der Waals surface area (Å²) in [6, 6.07) is 11.0. The molecule has 1 aromatic rings. The summed E-state index contributed by atoms with van der Waals surface area (Å²) in [5, 5.41) is 3.38. The topological polar surface area (TPSA) is 12.0 Å². The second kappa shape index (κ2) is 2.58. The lowest BCUT2D eigenvalue weighted by atomic mass is 9.79. The minimum atomic E-state index is 0.576. The van der Waals surface area contributed by atoms with E-state index >= 15 is 0 Å². The highest BCUT2D eigenvalue weighted by Gasteiger charge is 2.52. The van der Waals surface area contributed by atoms with Crippen molar-refractivity contribution in [1.29, 1.82) is 0 Å². The van der Waals surface area contributed by atoms with Gasteiger partial charge in [0.05, 0.1) is 0 Å². The van der Waals surface area contributed by atoms with Gasteiger partial charge in [-0.2, -0.15) is 0 Å². The summed E-state index contributed by atoms with van der Waals surface area (Å²) in [6.07, 6.45) is 2.81. The van der Waals surface area contributed by atoms with Crippen molar-refractivity contribution in [3.05, 3.63) is 35.9 Å². The Morgan fingerprint density at radius 2 is 1.77 bits per heavy atom. The molecule has 0 bridgehead atoms. The molecular weight excluding hydrogens is 158 g/mol. The smallest absolute Gasteiger partial charge is 0.000610 e. The summed E-state index contributed by atoms with van der Waals surface area (Å²) in [6.45, 7) is 2.46. The van der Waals surface area contributed by atoms with Gasteiger partial charge in [0.25, 0.3) is 0 Å². The molecule has 13 heavy (non-hydrogen) atoms. The highest BCUT2D eigenvalue weighted by atomic mass is 15.0. The van der Waals surface area contributed by atoms with Crippen LogP contribution in [0.5, 0.6) is 0 Å². The zero-order valence-corrected chi connectivity index (χ0v) is 7.79. The van der Waals surface area contributed by atoms with Crippen LogP contribution in [0.3, 0.4) is 0 Å². The molecular formula is C12H15N. The Hall–Kier alpha value is -0.820. The van der Waals surface area contributed by atoms with E-state index in [0.717, 1.165) is 5.92 Å². The van der Waals surface area contributed by atoms with Crippen molar-refractivity contribution < 1.29 is 0 Å². The number of hydrogen-bond acceptors (Lipinski definition) is 1. The quantitative estimate of drug-likeness (QED) is 0.720. The molecule has 1 saturated carbocycles. The van der Waals surface area contributed by atoms with Crippen molar-refractivity contribution >= 4 is 0 Å². The van der Waals surface area contributed by atoms with E-state index in [1.807, 2.05) is 0 Å². The first kappa shape index (κ1) is 7.57. The monoisotopic (exact) mass is 173 g/mol. The molecule has 2 aliphatic rings. The van der Waals surface area contributed by atoms with Crippen LogP contribution in [-0.4, -0.2) is 13.1 Å². The zero-order chi connectivity index (χ0) is 8.73. The molecule has 0 spiro atoms. The van der Waals surface area contributed by atoms with Gasteiger partial charge in [-0.3, -0.25) is 0 Å². The Bertz CT molecular complexity index is 296. The summed E-state index contributed by atoms with van der Waals surface area (Å²) in [4.78, 5) is 0. The minimum absolute atomic E-state index is 0.576. The molecule has 0 amide bonds. The van der Waals surface area contributed by atoms with Gasteiger partial charge in [-0.15, -0.1) is 0 Å². The lowest BCUT2D eigenvalue weighted by Gasteiger charge is -2.35. The van der Waals surface area contributed by atoms with Gasteiger partial charge in [-0.05, 0) is 24.3 Å². The van der Waals surface area contributed by atoms with Crippen LogP contribution in [0.25, 0.3) is 0 Å². The van der Waals surface area contributed by atoms with Crippen LogP contribution in [0.15, 0.2) is 30.3 Å². The van der Waals surface area contributed by atoms with Crippen molar-refractivity contribution in [2.45, 2.75) is 18.3 Å². The van der Waals surface area contributed by atoms with Gasteiger partial charge >= 0.3 is 0 Å². The molecule has 1 N–H and O–H groups in total. The van der Waals surface area contributed by atoms with Gasteiger partial charge in [0.15, 0.2) is 0 Å². The van der Waals surface area contributed by atoms with E-state index < -0.39 is 0 Å². The fraction of sp³-hybridized carbons (Fsp3) is 0.500. The molecule has 2 fully saturated rings. The number of rotatable bonds is 2. The Balaban J connectivity index is 1.91. The van der Waals surface area contributed by atoms with Crippen LogP contribution in [0, 0.1) is 5.92 Å². The van der Waals surface area contributed by atoms with Crippen LogP contribution in [0.1, 0.15) is 18.4 Å². The Kier molecular flexibility index (Phi) is 1.50. The van der Waals surface area contributed by atoms with E-state index in [4.69, 9.17) is 0 Å². The Morgan fingerprint density at radius 3 is 2.23 bits per heavy atom. The maximum atomic E-state index is 3.38. The van der Waals surface area contributed by atoms with Crippen molar-refractivity contribution in [1.82, 2.24) is 5.32 Å². The van der Waals surface area contributed by atoms with Gasteiger partial charge < -0.3 is 5.32 Å². The highest BCUT2D eigenvalue weighted by molar-refractivity contribution is 5.33. The van der Waals surface area contributed by atoms with Crippen LogP contribution in [-0.2, 0) is 5.41 Å². The van der Waals surface area contributed by atoms with Crippen molar-refractivity contribution in [2.24, 2.45) is 5.92 Å². The van der Waals surface area contributed by atoms with Crippen molar-refractivity contribution in [3.8, 4) is 0 Å². The van der Waals surface area contributed by atoms with Crippen LogP contribution in [0.2, 0.25) is 0 Å². The van der Waals surface area contributed by atoms with Crippen LogP contribution < -0.4 is 5.32 Å². The van der Waals surface area contributed by atoms with E-state index in [1.165, 1.54) is 25.9 Å². The first-order chi connectivity index (χ1) is 6.42. The molecule has 1 aliphatic heterocycles. The molecule has 0 atom stereocenters. The third-order valence-electron chi connectivity index (χ3n) is 3.70. The maximum absolute atomic E-state index is 3.38. The molecule has 68 valence electrons. The number of benzene rings is 1. The second-order valence-corrected chi connectivity index (χ2v) is 4.38. The van der Waals surface area contributed by atoms with E-state index in [2.05, 4.69) is 35.6 Å². The normalized spacial score (nSPS) is 25.2. The molecule has 0 aromatic heterocycles. The Labute approximate surface area is 79.2 Å². The average molecular weight is 173 g/mol. The fourth-order valence-corrected chi connectivity index (χ4v) is 2.52. The lowest BCUT2D eigenvalue weighted by molar-refractivity contribution is 0.275. The summed E-state index contributed by atoms with van der Waals surface area (Å²) in [7, 11) is 0. The predicted molar refractivity (Wildman–Crippen MR) is 53.7 cm³/mol. The number of nitrogens with one attached hydrogen (secondary N) is 1. The van der Waals surface area contributed by atoms with Crippen LogP contribution in [0.4, 0.5) is 0 Å². The summed E-state index contributed by atoms with van der Waals surface area (Å²) < 4.78 is 0. The SMILES string of the molecule is c1ccc(C2(C3CNC3)CC2)cc1. The number of hydrogen-bond donors (Lipinski definition) is 1. The predicted octanol–water partition coefficient (Wildman–Crippen LogP) is 1.94. The zero-order valence-electron chi connectivity index (χ0n) is 7.79. The van der Waals surface area contributed by atoms with E-state index in [-0.39, 0.29) is 0 Å². The molecule has 1 heteroatoms. The van der Waals surface area contributed by atoms with Crippen molar-refractivity contribution in [3.63, 3.8) is 0 Å². The first-order valence-electron chi connectivity index (χ1n) is 5.18. The van der Waals surface area contributed by atoms with Gasteiger partial charge in [0.1, 0.15) is 0 Å². The highest BCUT2D eigenvalue weighted by Crippen LogP contribution is 2.54. The first-order valence-corrected chi connectivity index (χ1v) is 5.18. The van der Waals surface area contributed by atoms with Crippen molar-refractivity contribution in [2.75, 3.05) is 13.1 Å². The molecule has 1 nitrogen and oxygen atoms in total. The van der Waals surface area contributed by atoms with Gasteiger partial charge in [0, 0.05) is 18.5 Å². The second-order valence-electron chi connectivity index (χ2n) is 4.38. The molecule has 0 radical (unpaired) electrons. The lowest BCUT2D eigenvalue weighted by Crippen LogP contribution is -2.48. The van der Waals surface area contributed by atoms with Crippen LogP contribution >= 0.6 is 0 Å². The largest absolute Gasteiger partial charge is 0.316 e. The van der Waals surface area contributed by atoms with Gasteiger partial charge in [-0.1, -0.05) is 30.3 Å². The summed E-state index contributed by atoms with van der Waals surface area (Å²) in [5.74, 6) is 0.912.